The molecule has 7 nitrogen and oxygen atoms in total. The molecule has 0 bridgehead atoms. The van der Waals surface area contributed by atoms with Crippen LogP contribution in [0.1, 0.15) is 47.8 Å². The quantitative estimate of drug-likeness (QED) is 0.334. The monoisotopic (exact) mass is 586 g/mol. The van der Waals surface area contributed by atoms with E-state index in [0.29, 0.717) is 5.82 Å². The molecule has 1 saturated heterocycles. The highest BCUT2D eigenvalue weighted by Crippen LogP contribution is 2.43. The van der Waals surface area contributed by atoms with Crippen molar-refractivity contribution in [2.24, 2.45) is 0 Å². The summed E-state index contributed by atoms with van der Waals surface area (Å²) >= 11 is 3.43. The fourth-order valence-corrected chi connectivity index (χ4v) is 5.82. The summed E-state index contributed by atoms with van der Waals surface area (Å²) in [5, 5.41) is 12.7. The van der Waals surface area contributed by atoms with Crippen LogP contribution in [-0.2, 0) is 13.6 Å². The van der Waals surface area contributed by atoms with E-state index in [1.54, 1.807) is 0 Å². The van der Waals surface area contributed by atoms with Gasteiger partial charge in [0.05, 0.1) is 6.61 Å². The third kappa shape index (κ3) is 6.30. The van der Waals surface area contributed by atoms with Crippen molar-refractivity contribution in [3.8, 4) is 11.4 Å². The summed E-state index contributed by atoms with van der Waals surface area (Å²) in [5.41, 5.74) is 0.791. The minimum atomic E-state index is -2.28. The van der Waals surface area contributed by atoms with Crippen molar-refractivity contribution < 1.29 is 18.0 Å². The summed E-state index contributed by atoms with van der Waals surface area (Å²) in [4.78, 5) is 1.23. The van der Waals surface area contributed by atoms with E-state index in [4.69, 9.17) is 13.6 Å². The molecule has 0 aliphatic carbocycles. The predicted octanol–water partition coefficient (Wildman–Crippen LogP) is 6.75. The molecule has 1 aromatic carbocycles. The van der Waals surface area contributed by atoms with E-state index in [2.05, 4.69) is 99.1 Å². The average molecular weight is 588 g/mol. The Hall–Kier alpha value is -0.986. The highest BCUT2D eigenvalue weighted by molar-refractivity contribution is 9.10. The number of benzene rings is 1. The lowest BCUT2D eigenvalue weighted by Gasteiger charge is -2.40. The predicted molar refractivity (Wildman–Crippen MR) is 145 cm³/mol. The maximum atomic E-state index is 16.0. The van der Waals surface area contributed by atoms with Gasteiger partial charge in [-0.2, -0.15) is 0 Å². The first-order chi connectivity index (χ1) is 15.9. The van der Waals surface area contributed by atoms with Crippen LogP contribution >= 0.6 is 15.9 Å². The van der Waals surface area contributed by atoms with Crippen LogP contribution < -0.4 is 0 Å². The summed E-state index contributed by atoms with van der Waals surface area (Å²) in [5.74, 6) is 0.413. The van der Waals surface area contributed by atoms with E-state index in [0.717, 1.165) is 10.0 Å². The van der Waals surface area contributed by atoms with Gasteiger partial charge in [0, 0.05) is 10.0 Å². The first-order valence-corrected chi connectivity index (χ1v) is 18.7. The topological polar surface area (TPSA) is 71.3 Å². The maximum absolute atomic E-state index is 16.0. The molecule has 0 amide bonds. The Balaban J connectivity index is 1.87. The smallest absolute Gasteiger partial charge is 0.205 e. The van der Waals surface area contributed by atoms with Crippen LogP contribution in [0, 0.1) is 0 Å². The van der Waals surface area contributed by atoms with Crippen LogP contribution in [0.4, 0.5) is 4.39 Å². The number of nitrogens with zero attached hydrogens (tertiary/aromatic N) is 4. The van der Waals surface area contributed by atoms with E-state index in [9.17, 15) is 0 Å². The van der Waals surface area contributed by atoms with Gasteiger partial charge in [0.15, 0.2) is 22.8 Å². The Kier molecular flexibility index (Phi) is 8.21. The minimum Gasteiger partial charge on any atom is -0.414 e. The fraction of sp³-hybridized carbons (Fsp3) is 0.708. The highest BCUT2D eigenvalue weighted by atomic mass is 79.9. The van der Waals surface area contributed by atoms with Crippen molar-refractivity contribution >= 4 is 32.6 Å². The lowest BCUT2D eigenvalue weighted by molar-refractivity contribution is -0.0555. The van der Waals surface area contributed by atoms with E-state index in [1.165, 1.54) is 4.80 Å². The third-order valence-corrected chi connectivity index (χ3v) is 17.2. The number of aromatic nitrogens is 4. The molecule has 1 fully saturated rings. The number of halogens is 2. The second kappa shape index (κ2) is 10.1. The van der Waals surface area contributed by atoms with Crippen LogP contribution in [0.5, 0.6) is 0 Å². The van der Waals surface area contributed by atoms with Crippen molar-refractivity contribution in [2.45, 2.75) is 102 Å². The second-order valence-electron chi connectivity index (χ2n) is 12.4. The lowest BCUT2D eigenvalue weighted by Crippen LogP contribution is -2.50. The molecule has 1 aromatic heterocycles. The Morgan fingerprint density at radius 3 is 2.11 bits per heavy atom. The first kappa shape index (κ1) is 28.6. The Morgan fingerprint density at radius 1 is 1.00 bits per heavy atom. The van der Waals surface area contributed by atoms with Crippen molar-refractivity contribution in [1.82, 2.24) is 20.2 Å². The average Bonchev–Trinajstić information content (AvgIpc) is 3.31. The normalized spacial score (nSPS) is 24.2. The summed E-state index contributed by atoms with van der Waals surface area (Å²) in [7, 11) is -4.35. The Bertz CT molecular complexity index is 1010. The number of ether oxygens (including phenoxy) is 1. The molecule has 0 radical (unpaired) electrons. The van der Waals surface area contributed by atoms with E-state index >= 15 is 4.39 Å². The summed E-state index contributed by atoms with van der Waals surface area (Å²) < 4.78 is 36.2. The number of alkyl halides is 1. The second-order valence-corrected chi connectivity index (χ2v) is 22.8. The molecule has 11 heteroatoms. The summed E-state index contributed by atoms with van der Waals surface area (Å²) in [6.45, 7) is 21.8. The fourth-order valence-electron chi connectivity index (χ4n) is 3.23. The molecule has 0 N–H and O–H groups in total. The third-order valence-electron chi connectivity index (χ3n) is 7.68. The zero-order chi connectivity index (χ0) is 26.4. The van der Waals surface area contributed by atoms with Gasteiger partial charge in [0.25, 0.3) is 0 Å². The summed E-state index contributed by atoms with van der Waals surface area (Å²) in [6.07, 6.45) is -3.83. The molecule has 1 aliphatic heterocycles. The van der Waals surface area contributed by atoms with Crippen molar-refractivity contribution in [1.29, 1.82) is 0 Å². The number of tetrazole rings is 1. The van der Waals surface area contributed by atoms with Gasteiger partial charge < -0.3 is 13.6 Å². The zero-order valence-electron chi connectivity index (χ0n) is 22.6. The molecule has 0 spiro atoms. The van der Waals surface area contributed by atoms with E-state index in [1.807, 2.05) is 24.3 Å². The molecule has 2 aromatic rings. The van der Waals surface area contributed by atoms with Gasteiger partial charge in [0.2, 0.25) is 12.1 Å². The molecular formula is C24H40BrFN4O3Si2. The molecule has 35 heavy (non-hydrogen) atoms. The molecule has 0 saturated carbocycles. The Morgan fingerprint density at radius 2 is 1.57 bits per heavy atom. The molecule has 4 atom stereocenters. The molecule has 0 unspecified atom stereocenters. The van der Waals surface area contributed by atoms with Crippen LogP contribution in [0.25, 0.3) is 11.4 Å². The molecule has 2 heterocycles. The number of rotatable bonds is 7. The van der Waals surface area contributed by atoms with Crippen molar-refractivity contribution in [2.75, 3.05) is 6.61 Å². The van der Waals surface area contributed by atoms with Gasteiger partial charge in [0.1, 0.15) is 12.2 Å². The van der Waals surface area contributed by atoms with Gasteiger partial charge in [-0.3, -0.25) is 0 Å². The first-order valence-electron chi connectivity index (χ1n) is 12.1. The molecule has 196 valence electrons. The standard InChI is InChI=1S/C24H40BrFN4O3Si2/c1-23(2,3)34(7,8)31-15-18-20(33-35(9,10)24(4,5)6)19(26)22(32-18)30-28-21(27-29-30)16-11-13-17(25)14-12-16/h11-14,18-20,22H,15H2,1-10H3/t18-,19+,20-,22+/m1/s1. The number of hydrogen-bond donors (Lipinski definition) is 0. The largest absolute Gasteiger partial charge is 0.414 e. The number of hydrogen-bond acceptors (Lipinski definition) is 6. The van der Waals surface area contributed by atoms with Crippen LogP contribution in [-0.4, -0.2) is 61.8 Å². The van der Waals surface area contributed by atoms with E-state index in [-0.39, 0.29) is 16.7 Å². The Labute approximate surface area is 219 Å². The van der Waals surface area contributed by atoms with E-state index < -0.39 is 41.2 Å². The van der Waals surface area contributed by atoms with Gasteiger partial charge >= 0.3 is 0 Å². The maximum Gasteiger partial charge on any atom is 0.205 e. The zero-order valence-corrected chi connectivity index (χ0v) is 26.2. The lowest BCUT2D eigenvalue weighted by atomic mass is 10.1. The van der Waals surface area contributed by atoms with Gasteiger partial charge in [-0.15, -0.1) is 15.0 Å². The van der Waals surface area contributed by atoms with Crippen LogP contribution in [0.2, 0.25) is 36.3 Å². The highest BCUT2D eigenvalue weighted by Gasteiger charge is 2.53. The minimum absolute atomic E-state index is 0.0307. The van der Waals surface area contributed by atoms with Crippen molar-refractivity contribution in [3.05, 3.63) is 28.7 Å². The SMILES string of the molecule is CC(C)(C)[Si](C)(C)OC[C@H]1O[C@H](n2nnc(-c3ccc(Br)cc3)n2)[C@@H](F)[C@@H]1O[Si](C)(C)C(C)(C)C. The van der Waals surface area contributed by atoms with Gasteiger partial charge in [-0.25, -0.2) is 4.39 Å². The molecule has 3 rings (SSSR count). The molecule has 1 aliphatic rings. The van der Waals surface area contributed by atoms with Crippen LogP contribution in [0.15, 0.2) is 28.7 Å². The van der Waals surface area contributed by atoms with Crippen LogP contribution in [0.3, 0.4) is 0 Å². The van der Waals surface area contributed by atoms with Gasteiger partial charge in [-0.1, -0.05) is 57.5 Å². The summed E-state index contributed by atoms with van der Waals surface area (Å²) in [6, 6.07) is 7.56. The van der Waals surface area contributed by atoms with Crippen molar-refractivity contribution in [3.63, 3.8) is 0 Å². The molecular weight excluding hydrogens is 547 g/mol. The van der Waals surface area contributed by atoms with Gasteiger partial charge in [-0.05, 0) is 65.7 Å².